The highest BCUT2D eigenvalue weighted by Crippen LogP contribution is 2.29. The molecule has 2 heterocycles. The molecule has 2 aliphatic rings. The lowest BCUT2D eigenvalue weighted by Crippen LogP contribution is -2.54. The summed E-state index contributed by atoms with van der Waals surface area (Å²) < 4.78 is 11.5. The van der Waals surface area contributed by atoms with Crippen LogP contribution in [-0.2, 0) is 11.3 Å². The van der Waals surface area contributed by atoms with Crippen molar-refractivity contribution in [1.29, 1.82) is 0 Å². The molecule has 1 aromatic rings. The summed E-state index contributed by atoms with van der Waals surface area (Å²) in [6.45, 7) is 8.64. The van der Waals surface area contributed by atoms with Crippen molar-refractivity contribution in [3.8, 4) is 11.5 Å². The molecule has 1 amide bonds. The molecular weight excluding hydrogens is 396 g/mol. The molecule has 0 unspecified atom stereocenters. The molecule has 3 rings (SSSR count). The van der Waals surface area contributed by atoms with E-state index in [0.29, 0.717) is 13.2 Å². The Morgan fingerprint density at radius 2 is 1.90 bits per heavy atom. The SMILES string of the molecule is COc1cc(CN2C[C@H](O)[C@@H](N3CCN(C(C)=O)CC3)C2)ccc1OCCCN(C)C. The minimum atomic E-state index is -0.370. The van der Waals surface area contributed by atoms with Gasteiger partial charge in [-0.25, -0.2) is 0 Å². The zero-order valence-electron chi connectivity index (χ0n) is 19.4. The molecular formula is C23H38N4O4. The Balaban J connectivity index is 1.52. The number of hydrogen-bond donors (Lipinski definition) is 1. The van der Waals surface area contributed by atoms with Gasteiger partial charge in [0.2, 0.25) is 5.91 Å². The van der Waals surface area contributed by atoms with E-state index in [1.165, 1.54) is 0 Å². The van der Waals surface area contributed by atoms with Crippen molar-refractivity contribution in [3.05, 3.63) is 23.8 Å². The largest absolute Gasteiger partial charge is 0.493 e. The van der Waals surface area contributed by atoms with Crippen molar-refractivity contribution in [2.24, 2.45) is 0 Å². The number of piperazine rings is 1. The van der Waals surface area contributed by atoms with Crippen molar-refractivity contribution in [2.75, 3.05) is 73.6 Å². The molecule has 0 saturated carbocycles. The van der Waals surface area contributed by atoms with Crippen LogP contribution in [0.15, 0.2) is 18.2 Å². The number of hydrogen-bond acceptors (Lipinski definition) is 7. The Hall–Kier alpha value is -1.87. The van der Waals surface area contributed by atoms with Crippen LogP contribution in [0.25, 0.3) is 0 Å². The summed E-state index contributed by atoms with van der Waals surface area (Å²) in [6, 6.07) is 6.21. The van der Waals surface area contributed by atoms with Crippen LogP contribution >= 0.6 is 0 Å². The van der Waals surface area contributed by atoms with Gasteiger partial charge < -0.3 is 24.4 Å². The van der Waals surface area contributed by atoms with E-state index in [0.717, 1.165) is 69.3 Å². The summed E-state index contributed by atoms with van der Waals surface area (Å²) >= 11 is 0. The summed E-state index contributed by atoms with van der Waals surface area (Å²) in [5.41, 5.74) is 1.15. The van der Waals surface area contributed by atoms with Crippen LogP contribution < -0.4 is 9.47 Å². The fraction of sp³-hybridized carbons (Fsp3) is 0.696. The molecule has 1 N–H and O–H groups in total. The van der Waals surface area contributed by atoms with Crippen molar-refractivity contribution < 1.29 is 19.4 Å². The Labute approximate surface area is 186 Å². The lowest BCUT2D eigenvalue weighted by atomic mass is 10.1. The lowest BCUT2D eigenvalue weighted by molar-refractivity contribution is -0.131. The summed E-state index contributed by atoms with van der Waals surface area (Å²) in [6.07, 6.45) is 0.594. The van der Waals surface area contributed by atoms with Crippen LogP contribution in [0.2, 0.25) is 0 Å². The van der Waals surface area contributed by atoms with Crippen molar-refractivity contribution >= 4 is 5.91 Å². The second kappa shape index (κ2) is 11.1. The number of benzene rings is 1. The van der Waals surface area contributed by atoms with Crippen LogP contribution in [0.1, 0.15) is 18.9 Å². The average Bonchev–Trinajstić information content (AvgIpc) is 3.11. The van der Waals surface area contributed by atoms with Gasteiger partial charge in [-0.05, 0) is 38.2 Å². The third kappa shape index (κ3) is 6.55. The standard InChI is InChI=1S/C23H38N4O4/c1-18(28)26-9-11-27(12-10-26)20-16-25(17-21(20)29)15-19-6-7-22(23(14-19)30-4)31-13-5-8-24(2)3/h6-7,14,20-21,29H,5,8-13,15-17H2,1-4H3/t20-,21-/m0/s1. The Bertz CT molecular complexity index is 722. The van der Waals surface area contributed by atoms with Gasteiger partial charge in [-0.3, -0.25) is 14.6 Å². The maximum atomic E-state index is 11.6. The van der Waals surface area contributed by atoms with Gasteiger partial charge in [0.25, 0.3) is 0 Å². The molecule has 1 aromatic carbocycles. The zero-order chi connectivity index (χ0) is 22.4. The Morgan fingerprint density at radius 1 is 1.16 bits per heavy atom. The first-order chi connectivity index (χ1) is 14.9. The first-order valence-corrected chi connectivity index (χ1v) is 11.2. The average molecular weight is 435 g/mol. The number of carbonyl (C=O) groups excluding carboxylic acids is 1. The lowest BCUT2D eigenvalue weighted by Gasteiger charge is -2.38. The van der Waals surface area contributed by atoms with Crippen molar-refractivity contribution in [3.63, 3.8) is 0 Å². The molecule has 0 bridgehead atoms. The summed E-state index contributed by atoms with van der Waals surface area (Å²) in [7, 11) is 5.78. The molecule has 2 aliphatic heterocycles. The predicted molar refractivity (Wildman–Crippen MR) is 121 cm³/mol. The molecule has 0 aromatic heterocycles. The number of nitrogens with zero attached hydrogens (tertiary/aromatic N) is 4. The number of ether oxygens (including phenoxy) is 2. The zero-order valence-corrected chi connectivity index (χ0v) is 19.4. The van der Waals surface area contributed by atoms with Gasteiger partial charge in [-0.15, -0.1) is 0 Å². The highest BCUT2D eigenvalue weighted by molar-refractivity contribution is 5.73. The van der Waals surface area contributed by atoms with Crippen LogP contribution in [0, 0.1) is 0 Å². The maximum Gasteiger partial charge on any atom is 0.219 e. The fourth-order valence-electron chi connectivity index (χ4n) is 4.45. The second-order valence-electron chi connectivity index (χ2n) is 8.86. The van der Waals surface area contributed by atoms with Crippen LogP contribution in [0.4, 0.5) is 0 Å². The number of likely N-dealkylation sites (tertiary alicyclic amines) is 1. The first-order valence-electron chi connectivity index (χ1n) is 11.2. The number of aliphatic hydroxyl groups excluding tert-OH is 1. The van der Waals surface area contributed by atoms with Crippen molar-refractivity contribution in [2.45, 2.75) is 32.0 Å². The van der Waals surface area contributed by atoms with Gasteiger partial charge in [-0.1, -0.05) is 6.07 Å². The highest BCUT2D eigenvalue weighted by Gasteiger charge is 2.36. The normalized spacial score (nSPS) is 22.8. The third-order valence-electron chi connectivity index (χ3n) is 6.20. The number of methoxy groups -OCH3 is 1. The van der Waals surface area contributed by atoms with E-state index in [1.807, 2.05) is 17.0 Å². The number of aliphatic hydroxyl groups is 1. The molecule has 0 radical (unpaired) electrons. The number of rotatable bonds is 9. The Morgan fingerprint density at radius 3 is 2.55 bits per heavy atom. The van der Waals surface area contributed by atoms with Crippen LogP contribution in [0.5, 0.6) is 11.5 Å². The maximum absolute atomic E-state index is 11.6. The molecule has 8 nitrogen and oxygen atoms in total. The van der Waals surface area contributed by atoms with Crippen LogP contribution in [-0.4, -0.2) is 116 Å². The predicted octanol–water partition coefficient (Wildman–Crippen LogP) is 0.735. The van der Waals surface area contributed by atoms with E-state index in [4.69, 9.17) is 9.47 Å². The minimum Gasteiger partial charge on any atom is -0.493 e. The summed E-state index contributed by atoms with van der Waals surface area (Å²) in [5, 5.41) is 10.7. The number of amides is 1. The van der Waals surface area contributed by atoms with Gasteiger partial charge in [0, 0.05) is 65.3 Å². The van der Waals surface area contributed by atoms with E-state index in [-0.39, 0.29) is 18.1 Å². The first kappa shape index (κ1) is 23.8. The van der Waals surface area contributed by atoms with Gasteiger partial charge in [0.05, 0.1) is 19.8 Å². The molecule has 2 fully saturated rings. The molecule has 31 heavy (non-hydrogen) atoms. The summed E-state index contributed by atoms with van der Waals surface area (Å²) in [5.74, 6) is 1.65. The molecule has 0 aliphatic carbocycles. The monoisotopic (exact) mass is 434 g/mol. The number of β-amino-alcohol motifs (C(OH)–C–C–N with tert-alkyl or cyclic N) is 1. The molecule has 2 atom stereocenters. The van der Waals surface area contributed by atoms with Gasteiger partial charge in [0.1, 0.15) is 0 Å². The highest BCUT2D eigenvalue weighted by atomic mass is 16.5. The quantitative estimate of drug-likeness (QED) is 0.575. The van der Waals surface area contributed by atoms with Gasteiger partial charge >= 0.3 is 0 Å². The minimum absolute atomic E-state index is 0.121. The van der Waals surface area contributed by atoms with E-state index in [9.17, 15) is 9.90 Å². The Kier molecular flexibility index (Phi) is 8.54. The third-order valence-corrected chi connectivity index (χ3v) is 6.20. The van der Waals surface area contributed by atoms with E-state index < -0.39 is 0 Å². The fourth-order valence-corrected chi connectivity index (χ4v) is 4.45. The topological polar surface area (TPSA) is 68.7 Å². The van der Waals surface area contributed by atoms with Crippen molar-refractivity contribution in [1.82, 2.24) is 19.6 Å². The van der Waals surface area contributed by atoms with Gasteiger partial charge in [0.15, 0.2) is 11.5 Å². The van der Waals surface area contributed by atoms with Crippen LogP contribution in [0.3, 0.4) is 0 Å². The molecule has 174 valence electrons. The molecule has 2 saturated heterocycles. The van der Waals surface area contributed by atoms with E-state index >= 15 is 0 Å². The number of carbonyl (C=O) groups is 1. The summed E-state index contributed by atoms with van der Waals surface area (Å²) in [4.78, 5) is 20.2. The van der Waals surface area contributed by atoms with Gasteiger partial charge in [-0.2, -0.15) is 0 Å². The second-order valence-corrected chi connectivity index (χ2v) is 8.86. The van der Waals surface area contributed by atoms with E-state index in [1.54, 1.807) is 14.0 Å². The molecule has 8 heteroatoms. The van der Waals surface area contributed by atoms with E-state index in [2.05, 4.69) is 34.9 Å². The molecule has 0 spiro atoms. The smallest absolute Gasteiger partial charge is 0.219 e.